The molecule has 0 aromatic heterocycles. The van der Waals surface area contributed by atoms with Crippen molar-refractivity contribution in [3.8, 4) is 55.6 Å². The Balaban J connectivity index is 0.810. The molecule has 0 aliphatic heterocycles. The van der Waals surface area contributed by atoms with Crippen molar-refractivity contribution in [1.82, 2.24) is 0 Å². The predicted octanol–water partition coefficient (Wildman–Crippen LogP) is 18.4. The van der Waals surface area contributed by atoms with Crippen molar-refractivity contribution in [3.05, 3.63) is 305 Å². The third-order valence-electron chi connectivity index (χ3n) is 17.5. The molecule has 4 aliphatic carbocycles. The normalized spacial score (nSPS) is 14.7. The topological polar surface area (TPSA) is 3.24 Å². The van der Waals surface area contributed by atoms with Crippen LogP contribution in [0.2, 0.25) is 0 Å². The Kier molecular flexibility index (Phi) is 9.37. The minimum absolute atomic E-state index is 0.0277. The van der Waals surface area contributed by atoms with Gasteiger partial charge >= 0.3 is 0 Å². The predicted molar refractivity (Wildman–Crippen MR) is 324 cm³/mol. The molecule has 1 heteroatoms. The smallest absolute Gasteiger partial charge is 0.0726 e. The number of hydrogen-bond donors (Lipinski definition) is 0. The molecule has 77 heavy (non-hydrogen) atoms. The zero-order valence-electron chi connectivity index (χ0n) is 42.9. The number of allylic oxidation sites excluding steroid dienone is 4. The van der Waals surface area contributed by atoms with Gasteiger partial charge in [-0.15, -0.1) is 0 Å². The fourth-order valence-corrected chi connectivity index (χ4v) is 14.2. The molecule has 0 radical (unpaired) electrons. The molecule has 12 aromatic carbocycles. The molecule has 0 N–H and O–H groups in total. The highest BCUT2D eigenvalue weighted by molar-refractivity contribution is 6.26. The van der Waals surface area contributed by atoms with Gasteiger partial charge in [0, 0.05) is 22.2 Å². The number of benzene rings is 12. The minimum Gasteiger partial charge on any atom is -0.309 e. The molecule has 0 fully saturated rings. The van der Waals surface area contributed by atoms with Crippen LogP contribution in [0.5, 0.6) is 0 Å². The number of rotatable bonds is 6. The van der Waals surface area contributed by atoms with Crippen LogP contribution in [0.4, 0.5) is 17.1 Å². The molecule has 0 unspecified atom stereocenters. The molecule has 1 spiro atoms. The van der Waals surface area contributed by atoms with Crippen molar-refractivity contribution >= 4 is 61.0 Å². The zero-order valence-corrected chi connectivity index (χ0v) is 42.9. The van der Waals surface area contributed by atoms with Crippen molar-refractivity contribution in [1.29, 1.82) is 0 Å². The Bertz CT molecular complexity index is 4640. The quantitative estimate of drug-likeness (QED) is 0.150. The lowest BCUT2D eigenvalue weighted by Crippen LogP contribution is -2.27. The van der Waals surface area contributed by atoms with Crippen LogP contribution in [-0.4, -0.2) is 0 Å². The van der Waals surface area contributed by atoms with Gasteiger partial charge in [-0.1, -0.05) is 238 Å². The first-order valence-electron chi connectivity index (χ1n) is 27.1. The summed E-state index contributed by atoms with van der Waals surface area (Å²) in [5.41, 5.74) is 23.3. The largest absolute Gasteiger partial charge is 0.309 e. The van der Waals surface area contributed by atoms with E-state index in [2.05, 4.69) is 292 Å². The van der Waals surface area contributed by atoms with Crippen LogP contribution in [0.25, 0.3) is 99.6 Å². The molecule has 0 amide bonds. The highest BCUT2D eigenvalue weighted by atomic mass is 15.1. The maximum Gasteiger partial charge on any atom is 0.0726 e. The lowest BCUT2D eigenvalue weighted by atomic mass is 9.70. The minimum atomic E-state index is -0.448. The van der Waals surface area contributed by atoms with Gasteiger partial charge in [-0.2, -0.15) is 0 Å². The van der Waals surface area contributed by atoms with E-state index in [0.29, 0.717) is 0 Å². The van der Waals surface area contributed by atoms with Crippen molar-refractivity contribution in [2.75, 3.05) is 4.90 Å². The fourth-order valence-electron chi connectivity index (χ4n) is 14.2. The summed E-state index contributed by atoms with van der Waals surface area (Å²) in [5, 5.41) is 10.5. The Hall–Kier alpha value is -9.56. The summed E-state index contributed by atoms with van der Waals surface area (Å²) < 4.78 is 0. The first-order chi connectivity index (χ1) is 37.9. The Labute approximate surface area is 449 Å². The molecule has 0 saturated heterocycles. The van der Waals surface area contributed by atoms with Gasteiger partial charge in [-0.05, 0) is 169 Å². The number of nitrogens with zero attached hydrogens (tertiary/aromatic N) is 1. The second-order valence-corrected chi connectivity index (χ2v) is 21.9. The molecule has 1 nitrogen and oxygen atoms in total. The number of anilines is 3. The SMILES string of the molecule is CC1(C)C=CC=C2C=c3cc4c5ccccc5c5cc(-c6ccc(-c7ccc(N(c8ccccc8-c8ccccc8)c8cccc9c8-c8ccccc8C98c9ccccc9-c9ccccc98)cc7)cc6)ccc5c4cc3=C21. The van der Waals surface area contributed by atoms with E-state index in [1.165, 1.54) is 132 Å². The first kappa shape index (κ1) is 43.8. The van der Waals surface area contributed by atoms with Crippen LogP contribution in [-0.2, 0) is 5.41 Å². The molecular weight excluding hydrogens is 927 g/mol. The highest BCUT2D eigenvalue weighted by Crippen LogP contribution is 2.65. The van der Waals surface area contributed by atoms with Gasteiger partial charge < -0.3 is 4.90 Å². The second-order valence-electron chi connectivity index (χ2n) is 21.9. The lowest BCUT2D eigenvalue weighted by molar-refractivity contribution is 0.644. The molecule has 4 aliphatic rings. The van der Waals surface area contributed by atoms with Gasteiger partial charge in [0.25, 0.3) is 0 Å². The summed E-state index contributed by atoms with van der Waals surface area (Å²) in [6, 6.07) is 93.3. The van der Waals surface area contributed by atoms with Crippen LogP contribution in [0, 0.1) is 5.41 Å². The average molecular weight is 978 g/mol. The van der Waals surface area contributed by atoms with E-state index in [1.54, 1.807) is 0 Å². The molecule has 0 saturated carbocycles. The van der Waals surface area contributed by atoms with E-state index in [9.17, 15) is 0 Å². The number of hydrogen-bond acceptors (Lipinski definition) is 1. The second kappa shape index (κ2) is 16.5. The first-order valence-corrected chi connectivity index (χ1v) is 27.1. The Morgan fingerprint density at radius 3 is 1.56 bits per heavy atom. The Morgan fingerprint density at radius 2 is 0.857 bits per heavy atom. The summed E-state index contributed by atoms with van der Waals surface area (Å²) in [4.78, 5) is 2.51. The van der Waals surface area contributed by atoms with E-state index < -0.39 is 5.41 Å². The summed E-state index contributed by atoms with van der Waals surface area (Å²) >= 11 is 0. The van der Waals surface area contributed by atoms with Crippen LogP contribution < -0.4 is 15.3 Å². The molecule has 0 atom stereocenters. The number of para-hydroxylation sites is 1. The van der Waals surface area contributed by atoms with Crippen molar-refractivity contribution in [2.24, 2.45) is 5.41 Å². The molecule has 16 rings (SSSR count). The third kappa shape index (κ3) is 6.29. The lowest BCUT2D eigenvalue weighted by Gasteiger charge is -2.32. The van der Waals surface area contributed by atoms with E-state index in [4.69, 9.17) is 0 Å². The van der Waals surface area contributed by atoms with Gasteiger partial charge in [0.05, 0.1) is 16.8 Å². The van der Waals surface area contributed by atoms with Crippen LogP contribution >= 0.6 is 0 Å². The number of fused-ring (bicyclic) bond motifs is 18. The van der Waals surface area contributed by atoms with Crippen molar-refractivity contribution in [2.45, 2.75) is 19.3 Å². The van der Waals surface area contributed by atoms with Crippen LogP contribution in [0.1, 0.15) is 36.1 Å². The van der Waals surface area contributed by atoms with E-state index >= 15 is 0 Å². The van der Waals surface area contributed by atoms with Gasteiger partial charge in [-0.3, -0.25) is 0 Å². The molecule has 12 aromatic rings. The standard InChI is InChI=1S/C76H51N/c1-75(2)43-17-20-53-44-54-46-65-58-23-7-6-22-57(58)64-45-52(39-42-59(64)66(65)47-63(54)74(53)75)50-35-33-48(34-36-50)49-37-40-55(41-38-49)77(71-31-15-11-21-56(71)51-18-4-3-5-19-51)72-32-16-30-70-73(72)62-26-10-14-29-69(62)76(70)67-27-12-8-24-60(67)61-25-9-13-28-68(61)76/h3-47H,1-2H3. The maximum absolute atomic E-state index is 2.51. The van der Waals surface area contributed by atoms with E-state index in [1.807, 2.05) is 0 Å². The monoisotopic (exact) mass is 977 g/mol. The van der Waals surface area contributed by atoms with E-state index in [-0.39, 0.29) is 5.41 Å². The molecule has 0 bridgehead atoms. The van der Waals surface area contributed by atoms with Gasteiger partial charge in [0.1, 0.15) is 0 Å². The Morgan fingerprint density at radius 1 is 0.351 bits per heavy atom. The fraction of sp³-hybridized carbons (Fsp3) is 0.0526. The summed E-state index contributed by atoms with van der Waals surface area (Å²) in [5.74, 6) is 0. The van der Waals surface area contributed by atoms with Crippen LogP contribution in [0.3, 0.4) is 0 Å². The highest BCUT2D eigenvalue weighted by Gasteiger charge is 2.52. The molecule has 0 heterocycles. The van der Waals surface area contributed by atoms with Gasteiger partial charge in [0.15, 0.2) is 0 Å². The maximum atomic E-state index is 2.51. The van der Waals surface area contributed by atoms with Crippen molar-refractivity contribution < 1.29 is 0 Å². The summed E-state index contributed by atoms with van der Waals surface area (Å²) in [7, 11) is 0. The zero-order chi connectivity index (χ0) is 51.0. The third-order valence-corrected chi connectivity index (χ3v) is 17.5. The van der Waals surface area contributed by atoms with Crippen LogP contribution in [0.15, 0.2) is 273 Å². The molecular formula is C76H51N. The average Bonchev–Trinajstić information content (AvgIpc) is 4.33. The van der Waals surface area contributed by atoms with Gasteiger partial charge in [-0.25, -0.2) is 0 Å². The molecule has 360 valence electrons. The summed E-state index contributed by atoms with van der Waals surface area (Å²) in [6.07, 6.45) is 9.21. The van der Waals surface area contributed by atoms with Crippen molar-refractivity contribution in [3.63, 3.8) is 0 Å². The summed E-state index contributed by atoms with van der Waals surface area (Å²) in [6.45, 7) is 4.67. The van der Waals surface area contributed by atoms with Gasteiger partial charge in [0.2, 0.25) is 0 Å². The van der Waals surface area contributed by atoms with E-state index in [0.717, 1.165) is 17.1 Å².